The number of benzene rings is 1. The number of amides is 1. The number of carbonyl (C=O) groups is 1. The van der Waals surface area contributed by atoms with Crippen LogP contribution in [0, 0.1) is 12.7 Å². The van der Waals surface area contributed by atoms with Gasteiger partial charge >= 0.3 is 0 Å². The summed E-state index contributed by atoms with van der Waals surface area (Å²) in [6.07, 6.45) is -0.185. The number of hydrogen-bond acceptors (Lipinski definition) is 3. The van der Waals surface area contributed by atoms with E-state index < -0.39 is 51.6 Å². The summed E-state index contributed by atoms with van der Waals surface area (Å²) in [6, 6.07) is 6.30. The van der Waals surface area contributed by atoms with Crippen molar-refractivity contribution < 1.29 is 13.6 Å². The van der Waals surface area contributed by atoms with Gasteiger partial charge in [-0.3, -0.25) is 9.78 Å². The number of aryl methyl sites for hydroxylation is 1. The normalized spacial score (nSPS) is 19.3. The Balaban J connectivity index is 1.94. The average Bonchev–Trinajstić information content (AvgIpc) is 2.67. The highest BCUT2D eigenvalue weighted by atomic mass is 35.5. The molecule has 1 aromatic heterocycles. The zero-order valence-corrected chi connectivity index (χ0v) is 19.7. The zero-order valence-electron chi connectivity index (χ0n) is 18.9. The van der Waals surface area contributed by atoms with E-state index in [-0.39, 0.29) is 16.3 Å². The van der Waals surface area contributed by atoms with Crippen LogP contribution in [0.15, 0.2) is 36.5 Å². The molecule has 3 rings (SSSR count). The summed E-state index contributed by atoms with van der Waals surface area (Å²) >= 11 is 5.76. The third-order valence-electron chi connectivity index (χ3n) is 5.82. The Hall–Kier alpha value is -1.53. The summed E-state index contributed by atoms with van der Waals surface area (Å²) < 4.78 is 30.0. The van der Waals surface area contributed by atoms with Gasteiger partial charge in [0.05, 0.1) is 67.8 Å². The number of halogens is 3. The fourth-order valence-corrected chi connectivity index (χ4v) is 4.35. The molecule has 0 spiro atoms. The van der Waals surface area contributed by atoms with Crippen molar-refractivity contribution in [3.63, 3.8) is 0 Å². The molecule has 1 aliphatic rings. The first-order valence-electron chi connectivity index (χ1n) is 10.3. The molecule has 0 unspecified atom stereocenters. The molecule has 1 aliphatic heterocycles. The van der Waals surface area contributed by atoms with Crippen molar-refractivity contribution in [2.24, 2.45) is 0 Å². The highest BCUT2D eigenvalue weighted by Crippen LogP contribution is 2.46. The topological polar surface area (TPSA) is 45.2 Å². The van der Waals surface area contributed by atoms with Gasteiger partial charge in [-0.15, -0.1) is 0 Å². The number of piperidine rings is 1. The van der Waals surface area contributed by atoms with Crippen LogP contribution in [0.3, 0.4) is 0 Å². The van der Waals surface area contributed by atoms with Crippen molar-refractivity contribution in [3.05, 3.63) is 64.2 Å². The van der Waals surface area contributed by atoms with Crippen LogP contribution in [0.2, 0.25) is 5.02 Å². The van der Waals surface area contributed by atoms with Gasteiger partial charge < -0.3 is 10.2 Å². The predicted octanol–water partition coefficient (Wildman–Crippen LogP) is -0.164. The fourth-order valence-electron chi connectivity index (χ4n) is 4.17. The monoisotopic (exact) mass is 473 g/mol. The number of likely N-dealkylation sites (tertiary alicyclic amines) is 1. The van der Waals surface area contributed by atoms with Crippen LogP contribution in [0.4, 0.5) is 8.78 Å². The quantitative estimate of drug-likeness (QED) is 0.616. The maximum absolute atomic E-state index is 16.4. The average molecular weight is 472 g/mol. The van der Waals surface area contributed by atoms with Crippen LogP contribution in [0.1, 0.15) is 34.5 Å². The molecule has 1 amide bonds. The van der Waals surface area contributed by atoms with Crippen LogP contribution in [0.5, 0.6) is 0 Å². The number of rotatable bonds is 5. The highest BCUT2D eigenvalue weighted by Gasteiger charge is 2.58. The lowest BCUT2D eigenvalue weighted by molar-refractivity contribution is -0.0112. The molecule has 1 fully saturated rings. The summed E-state index contributed by atoms with van der Waals surface area (Å²) in [5.41, 5.74) is -1.95. The van der Waals surface area contributed by atoms with Crippen molar-refractivity contribution in [3.8, 4) is 0 Å². The van der Waals surface area contributed by atoms with E-state index in [9.17, 15) is 9.18 Å². The molecule has 0 atom stereocenters. The van der Waals surface area contributed by atoms with Crippen molar-refractivity contribution in [1.82, 2.24) is 15.2 Å². The largest absolute Gasteiger partial charge is 0.362 e. The van der Waals surface area contributed by atoms with Gasteiger partial charge in [0, 0.05) is 17.5 Å². The molecule has 2 aromatic rings. The number of nitrogens with one attached hydrogen (secondary N) is 1. The number of alkyl halides is 1. The maximum atomic E-state index is 16.4. The third kappa shape index (κ3) is 5.44. The molecular formula is C20H14B8ClF2N3O. The van der Waals surface area contributed by atoms with Crippen LogP contribution in [0.25, 0.3) is 0 Å². The van der Waals surface area contributed by atoms with Crippen molar-refractivity contribution in [2.45, 2.75) is 46.8 Å². The predicted molar refractivity (Wildman–Crippen MR) is 139 cm³/mol. The second-order valence-electron chi connectivity index (χ2n) is 9.15. The smallest absolute Gasteiger partial charge is 0.252 e. The second kappa shape index (κ2) is 9.09. The molecule has 0 aliphatic carbocycles. The van der Waals surface area contributed by atoms with E-state index in [1.807, 2.05) is 0 Å². The van der Waals surface area contributed by atoms with Crippen LogP contribution < -0.4 is 5.32 Å². The van der Waals surface area contributed by atoms with Crippen LogP contribution >= 0.6 is 11.6 Å². The summed E-state index contributed by atoms with van der Waals surface area (Å²) in [5.74, 6) is -1.69. The molecule has 15 heteroatoms. The molecule has 1 aromatic carbocycles. The molecule has 1 N–H and O–H groups in total. The van der Waals surface area contributed by atoms with E-state index in [1.165, 1.54) is 12.3 Å². The molecule has 0 saturated carbocycles. The van der Waals surface area contributed by atoms with Gasteiger partial charge in [-0.2, -0.15) is 0 Å². The molecule has 160 valence electrons. The van der Waals surface area contributed by atoms with Crippen LogP contribution in [-0.4, -0.2) is 100 Å². The number of carbonyl (C=O) groups excluding carboxylic acids is 1. The maximum Gasteiger partial charge on any atom is 0.252 e. The number of aromatic nitrogens is 1. The van der Waals surface area contributed by atoms with E-state index in [1.54, 1.807) is 13.0 Å². The standard InChI is InChI=1S/C20H14B8ClF2N3O/c1-10-2-5-14(32-7-10)19(25,26)33-20(27,28)16(31)8-17(21,22)34(18(23,24)9-16)15(35)11-3-4-13(30)12(29)6-11/h2-7,33H,8-9H2,1H3. The van der Waals surface area contributed by atoms with E-state index in [0.29, 0.717) is 4.90 Å². The first-order valence-corrected chi connectivity index (χ1v) is 10.7. The Morgan fingerprint density at radius 3 is 2.14 bits per heavy atom. The lowest BCUT2D eigenvalue weighted by Gasteiger charge is -2.63. The minimum absolute atomic E-state index is 0.103. The SMILES string of the molecule is [B]C([B])(NC([B])([B])C1(F)CC([B])([B])N(C(=O)c2ccc(F)c(Cl)c2)C([B])([B])C1)c1ccc(C)cn1. The molecule has 0 bridgehead atoms. The first kappa shape index (κ1) is 28.0. The van der Waals surface area contributed by atoms with Gasteiger partial charge in [0.15, 0.2) is 0 Å². The van der Waals surface area contributed by atoms with Gasteiger partial charge in [0.2, 0.25) is 0 Å². The molecule has 4 nitrogen and oxygen atoms in total. The first-order chi connectivity index (χ1) is 15.8. The summed E-state index contributed by atoms with van der Waals surface area (Å²) in [7, 11) is 48.9. The number of pyridine rings is 1. The summed E-state index contributed by atoms with van der Waals surface area (Å²) in [6.45, 7) is 1.80. The van der Waals surface area contributed by atoms with Crippen molar-refractivity contribution in [1.29, 1.82) is 0 Å². The van der Waals surface area contributed by atoms with Gasteiger partial charge in [0.1, 0.15) is 11.5 Å². The number of nitrogens with zero attached hydrogens (tertiary/aromatic N) is 2. The van der Waals surface area contributed by atoms with Crippen LogP contribution in [-0.2, 0) is 5.34 Å². The van der Waals surface area contributed by atoms with E-state index in [0.717, 1.165) is 23.8 Å². The van der Waals surface area contributed by atoms with E-state index >= 15 is 4.39 Å². The molecule has 16 radical (unpaired) electrons. The Morgan fingerprint density at radius 1 is 1.09 bits per heavy atom. The lowest BCUT2D eigenvalue weighted by Crippen LogP contribution is -2.78. The van der Waals surface area contributed by atoms with Gasteiger partial charge in [-0.25, -0.2) is 8.78 Å². The third-order valence-corrected chi connectivity index (χ3v) is 6.11. The minimum Gasteiger partial charge on any atom is -0.362 e. The van der Waals surface area contributed by atoms with Crippen molar-refractivity contribution in [2.75, 3.05) is 0 Å². The van der Waals surface area contributed by atoms with Gasteiger partial charge in [0.25, 0.3) is 5.91 Å². The van der Waals surface area contributed by atoms with Gasteiger partial charge in [-0.1, -0.05) is 17.7 Å². The Bertz CT molecular complexity index is 1120. The Labute approximate surface area is 219 Å². The van der Waals surface area contributed by atoms with E-state index in [4.69, 9.17) is 74.4 Å². The summed E-state index contributed by atoms with van der Waals surface area (Å²) in [4.78, 5) is 17.9. The molecule has 2 heterocycles. The Morgan fingerprint density at radius 2 is 1.66 bits per heavy atom. The molecular weight excluding hydrogens is 458 g/mol. The lowest BCUT2D eigenvalue weighted by atomic mass is 9.37. The highest BCUT2D eigenvalue weighted by molar-refractivity contribution is 6.48. The summed E-state index contributed by atoms with van der Waals surface area (Å²) in [5, 5.41) is -7.03. The number of hydrogen-bond donors (Lipinski definition) is 1. The van der Waals surface area contributed by atoms with Gasteiger partial charge in [-0.05, 0) is 70.9 Å². The molecule has 35 heavy (non-hydrogen) atoms. The fraction of sp³-hybridized carbons (Fsp3) is 0.400. The van der Waals surface area contributed by atoms with E-state index in [2.05, 4.69) is 10.3 Å². The Kier molecular flexibility index (Phi) is 7.29. The zero-order chi connectivity index (χ0) is 26.6. The molecule has 1 saturated heterocycles. The van der Waals surface area contributed by atoms with Crippen molar-refractivity contribution >= 4 is 80.3 Å². The second-order valence-corrected chi connectivity index (χ2v) is 9.56. The minimum atomic E-state index is -2.74.